The number of aromatic nitrogens is 2. The number of hydrogen-bond acceptors (Lipinski definition) is 7. The molecule has 1 heterocycles. The molecule has 32 heavy (non-hydrogen) atoms. The Labute approximate surface area is 192 Å². The van der Waals surface area contributed by atoms with Crippen LogP contribution in [0, 0.1) is 24.0 Å². The molecule has 2 N–H and O–H groups in total. The molecule has 1 aromatic heterocycles. The van der Waals surface area contributed by atoms with Crippen molar-refractivity contribution >= 4 is 40.9 Å². The number of nitrogens with one attached hydrogen (secondary N) is 2. The average Bonchev–Trinajstić information content (AvgIpc) is 2.75. The van der Waals surface area contributed by atoms with Gasteiger partial charge in [-0.05, 0) is 43.7 Å². The molecule has 3 aromatic rings. The van der Waals surface area contributed by atoms with Gasteiger partial charge in [0.25, 0.3) is 17.5 Å². The van der Waals surface area contributed by atoms with Crippen LogP contribution in [0.2, 0.25) is 5.02 Å². The van der Waals surface area contributed by atoms with E-state index in [9.17, 15) is 19.7 Å². The number of hydrazine groups is 1. The molecular weight excluding hydrogens is 454 g/mol. The minimum absolute atomic E-state index is 0.00135. The van der Waals surface area contributed by atoms with Gasteiger partial charge in [-0.2, -0.15) is 0 Å². The number of hydrogen-bond donors (Lipinski definition) is 2. The summed E-state index contributed by atoms with van der Waals surface area (Å²) in [5, 5.41) is 11.3. The fraction of sp³-hybridized carbons (Fsp3) is 0.143. The smallest absolute Gasteiger partial charge is 0.267 e. The molecule has 0 aliphatic heterocycles. The Bertz CT molecular complexity index is 1170. The maximum absolute atomic E-state index is 12.3. The summed E-state index contributed by atoms with van der Waals surface area (Å²) in [6.45, 7) is 3.83. The predicted octanol–water partition coefficient (Wildman–Crippen LogP) is 4.02. The van der Waals surface area contributed by atoms with Gasteiger partial charge in [-0.3, -0.25) is 30.6 Å². The first kappa shape index (κ1) is 23.2. The first-order valence-electron chi connectivity index (χ1n) is 9.31. The van der Waals surface area contributed by atoms with Crippen molar-refractivity contribution < 1.29 is 14.5 Å². The predicted molar refractivity (Wildman–Crippen MR) is 121 cm³/mol. The highest BCUT2D eigenvalue weighted by atomic mass is 35.5. The molecule has 9 nitrogen and oxygen atoms in total. The first-order valence-corrected chi connectivity index (χ1v) is 10.7. The second-order valence-corrected chi connectivity index (χ2v) is 8.10. The van der Waals surface area contributed by atoms with E-state index in [-0.39, 0.29) is 16.3 Å². The second-order valence-electron chi connectivity index (χ2n) is 6.75. The number of rotatable bonds is 6. The summed E-state index contributed by atoms with van der Waals surface area (Å²) in [4.78, 5) is 43.4. The van der Waals surface area contributed by atoms with Crippen LogP contribution in [-0.4, -0.2) is 26.7 Å². The number of amides is 2. The van der Waals surface area contributed by atoms with Gasteiger partial charge in [0.2, 0.25) is 0 Å². The van der Waals surface area contributed by atoms with Gasteiger partial charge in [0.15, 0.2) is 5.16 Å². The summed E-state index contributed by atoms with van der Waals surface area (Å²) in [5.74, 6) is -0.576. The van der Waals surface area contributed by atoms with Gasteiger partial charge < -0.3 is 0 Å². The third-order valence-corrected chi connectivity index (χ3v) is 5.47. The maximum atomic E-state index is 12.3. The number of carbonyl (C=O) groups is 2. The van der Waals surface area contributed by atoms with E-state index in [1.165, 1.54) is 17.8 Å². The minimum Gasteiger partial charge on any atom is -0.267 e. The molecule has 0 unspecified atom stereocenters. The van der Waals surface area contributed by atoms with E-state index < -0.39 is 16.7 Å². The van der Waals surface area contributed by atoms with Crippen LogP contribution in [0.5, 0.6) is 0 Å². The third-order valence-electron chi connectivity index (χ3n) is 4.24. The van der Waals surface area contributed by atoms with Crippen LogP contribution in [0.25, 0.3) is 0 Å². The van der Waals surface area contributed by atoms with E-state index >= 15 is 0 Å². The number of aryl methyl sites for hydroxylation is 2. The normalized spacial score (nSPS) is 10.5. The van der Waals surface area contributed by atoms with E-state index in [0.717, 1.165) is 29.1 Å². The number of nitrogens with zero attached hydrogens (tertiary/aromatic N) is 3. The highest BCUT2D eigenvalue weighted by Crippen LogP contribution is 2.22. The lowest BCUT2D eigenvalue weighted by molar-refractivity contribution is -0.384. The molecule has 11 heteroatoms. The molecule has 0 bridgehead atoms. The molecule has 0 saturated heterocycles. The van der Waals surface area contributed by atoms with Crippen molar-refractivity contribution in [2.24, 2.45) is 0 Å². The molecular formula is C21H18ClN5O4S. The first-order chi connectivity index (χ1) is 15.2. The van der Waals surface area contributed by atoms with Crippen molar-refractivity contribution in [2.75, 3.05) is 0 Å². The summed E-state index contributed by atoms with van der Waals surface area (Å²) in [5.41, 5.74) is 7.44. The van der Waals surface area contributed by atoms with Gasteiger partial charge >= 0.3 is 0 Å². The number of nitro benzene ring substituents is 1. The number of carbonyl (C=O) groups excluding carboxylic acids is 2. The number of non-ortho nitro benzene ring substituents is 1. The van der Waals surface area contributed by atoms with Crippen molar-refractivity contribution in [3.8, 4) is 0 Å². The lowest BCUT2D eigenvalue weighted by Crippen LogP contribution is -2.41. The van der Waals surface area contributed by atoms with E-state index in [2.05, 4.69) is 20.8 Å². The highest BCUT2D eigenvalue weighted by Gasteiger charge is 2.16. The average molecular weight is 472 g/mol. The van der Waals surface area contributed by atoms with Gasteiger partial charge in [-0.1, -0.05) is 35.5 Å². The lowest BCUT2D eigenvalue weighted by Gasteiger charge is -2.09. The zero-order chi connectivity index (χ0) is 23.3. The van der Waals surface area contributed by atoms with Crippen LogP contribution in [-0.2, 0) is 5.75 Å². The summed E-state index contributed by atoms with van der Waals surface area (Å²) < 4.78 is 0. The molecule has 164 valence electrons. The molecule has 3 rings (SSSR count). The molecule has 2 aromatic carbocycles. The summed E-state index contributed by atoms with van der Waals surface area (Å²) >= 11 is 7.42. The van der Waals surface area contributed by atoms with Gasteiger partial charge in [0.05, 0.1) is 15.5 Å². The molecule has 2 amide bonds. The van der Waals surface area contributed by atoms with Gasteiger partial charge in [0.1, 0.15) is 0 Å². The molecule has 0 fully saturated rings. The topological polar surface area (TPSA) is 127 Å². The fourth-order valence-corrected chi connectivity index (χ4v) is 3.88. The Morgan fingerprint density at radius 3 is 2.22 bits per heavy atom. The Hall–Kier alpha value is -3.50. The number of benzene rings is 2. The monoisotopic (exact) mass is 471 g/mol. The van der Waals surface area contributed by atoms with E-state index in [1.54, 1.807) is 24.3 Å². The fourth-order valence-electron chi connectivity index (χ4n) is 2.71. The largest absolute Gasteiger partial charge is 0.271 e. The molecule has 0 spiro atoms. The Kier molecular flexibility index (Phi) is 7.39. The summed E-state index contributed by atoms with van der Waals surface area (Å²) in [7, 11) is 0. The molecule has 0 atom stereocenters. The van der Waals surface area contributed by atoms with Crippen LogP contribution in [0.3, 0.4) is 0 Å². The van der Waals surface area contributed by atoms with Crippen molar-refractivity contribution in [1.82, 2.24) is 20.8 Å². The molecule has 0 radical (unpaired) electrons. The van der Waals surface area contributed by atoms with Crippen LogP contribution in [0.1, 0.15) is 37.7 Å². The standard InChI is InChI=1S/C21H18ClN5O4S/c1-12-9-13(2)24-21(23-12)32-11-14-3-5-15(6-4-14)19(28)25-26-20(29)17-8-7-16(27(30)31)10-18(17)22/h3-10H,11H2,1-2H3,(H,25,28)(H,26,29). The van der Waals surface area contributed by atoms with E-state index in [4.69, 9.17) is 11.6 Å². The van der Waals surface area contributed by atoms with Crippen molar-refractivity contribution in [3.63, 3.8) is 0 Å². The maximum Gasteiger partial charge on any atom is 0.271 e. The number of nitro groups is 1. The zero-order valence-corrected chi connectivity index (χ0v) is 18.7. The highest BCUT2D eigenvalue weighted by molar-refractivity contribution is 7.98. The summed E-state index contributed by atoms with van der Waals surface area (Å²) in [6.07, 6.45) is 0. The van der Waals surface area contributed by atoms with Crippen molar-refractivity contribution in [2.45, 2.75) is 24.8 Å². The summed E-state index contributed by atoms with van der Waals surface area (Å²) in [6, 6.07) is 12.2. The molecule has 0 aliphatic rings. The van der Waals surface area contributed by atoms with Gasteiger partial charge in [-0.25, -0.2) is 9.97 Å². The van der Waals surface area contributed by atoms with Gasteiger partial charge in [-0.15, -0.1) is 0 Å². The Morgan fingerprint density at radius 1 is 1.00 bits per heavy atom. The molecule has 0 saturated carbocycles. The van der Waals surface area contributed by atoms with E-state index in [0.29, 0.717) is 16.5 Å². The number of thioether (sulfide) groups is 1. The quantitative estimate of drug-likeness (QED) is 0.240. The van der Waals surface area contributed by atoms with Crippen LogP contribution in [0.4, 0.5) is 5.69 Å². The van der Waals surface area contributed by atoms with Gasteiger partial charge in [0, 0.05) is 34.8 Å². The lowest BCUT2D eigenvalue weighted by atomic mass is 10.1. The minimum atomic E-state index is -0.695. The Balaban J connectivity index is 1.55. The third kappa shape index (κ3) is 6.02. The zero-order valence-electron chi connectivity index (χ0n) is 17.1. The van der Waals surface area contributed by atoms with Crippen LogP contribution in [0.15, 0.2) is 53.7 Å². The second kappa shape index (κ2) is 10.2. The van der Waals surface area contributed by atoms with Crippen molar-refractivity contribution in [1.29, 1.82) is 0 Å². The Morgan fingerprint density at radius 2 is 1.62 bits per heavy atom. The SMILES string of the molecule is Cc1cc(C)nc(SCc2ccc(C(=O)NNC(=O)c3ccc([N+](=O)[O-])cc3Cl)cc2)n1. The molecule has 0 aliphatic carbocycles. The van der Waals surface area contributed by atoms with Crippen molar-refractivity contribution in [3.05, 3.63) is 91.7 Å². The van der Waals surface area contributed by atoms with Crippen LogP contribution < -0.4 is 10.9 Å². The number of halogens is 1. The van der Waals surface area contributed by atoms with Crippen LogP contribution >= 0.6 is 23.4 Å². The van der Waals surface area contributed by atoms with E-state index in [1.807, 2.05) is 19.9 Å².